The first-order valence-corrected chi connectivity index (χ1v) is 9.40. The quantitative estimate of drug-likeness (QED) is 0.641. The lowest BCUT2D eigenvalue weighted by molar-refractivity contribution is 0.108. The molecule has 3 heteroatoms. The van der Waals surface area contributed by atoms with Crippen LogP contribution >= 0.6 is 23.5 Å². The Hall–Kier alpha value is -1.19. The van der Waals surface area contributed by atoms with E-state index in [4.69, 9.17) is 0 Å². The van der Waals surface area contributed by atoms with Gasteiger partial charge in [0.15, 0.2) is 0 Å². The van der Waals surface area contributed by atoms with Crippen molar-refractivity contribution >= 4 is 28.6 Å². The zero-order valence-corrected chi connectivity index (χ0v) is 15.0. The maximum atomic E-state index is 12.1. The molecular formula is C19H22OS2. The van der Waals surface area contributed by atoms with Crippen molar-refractivity contribution in [2.75, 3.05) is 5.75 Å². The summed E-state index contributed by atoms with van der Waals surface area (Å²) < 4.78 is 0. The summed E-state index contributed by atoms with van der Waals surface area (Å²) in [5.41, 5.74) is 3.34. The van der Waals surface area contributed by atoms with Crippen molar-refractivity contribution in [1.29, 1.82) is 0 Å². The van der Waals surface area contributed by atoms with Gasteiger partial charge in [0.05, 0.1) is 0 Å². The molecule has 0 bridgehead atoms. The fraction of sp³-hybridized carbons (Fsp3) is 0.316. The second kappa shape index (κ2) is 8.44. The van der Waals surface area contributed by atoms with Crippen LogP contribution in [0.2, 0.25) is 0 Å². The predicted octanol–water partition coefficient (Wildman–Crippen LogP) is 5.61. The van der Waals surface area contributed by atoms with E-state index < -0.39 is 0 Å². The fourth-order valence-electron chi connectivity index (χ4n) is 2.06. The van der Waals surface area contributed by atoms with Gasteiger partial charge >= 0.3 is 0 Å². The Morgan fingerprint density at radius 2 is 1.82 bits per heavy atom. The van der Waals surface area contributed by atoms with Crippen LogP contribution < -0.4 is 0 Å². The standard InChI is InChI=1S/C19H22OS2/c1-14(2)22-19(20)17-6-4-5-16(13-17)11-12-21-18-9-7-15(3)8-10-18/h4-10,13-14H,11-12H2,1-3H3. The highest BCUT2D eigenvalue weighted by Gasteiger charge is 2.09. The van der Waals surface area contributed by atoms with E-state index in [0.29, 0.717) is 5.25 Å². The summed E-state index contributed by atoms with van der Waals surface area (Å²) in [5, 5.41) is 0.497. The molecule has 22 heavy (non-hydrogen) atoms. The number of benzene rings is 2. The summed E-state index contributed by atoms with van der Waals surface area (Å²) in [5.74, 6) is 1.03. The fourth-order valence-corrected chi connectivity index (χ4v) is 3.65. The normalized spacial score (nSPS) is 10.9. The Balaban J connectivity index is 1.90. The van der Waals surface area contributed by atoms with Crippen molar-refractivity contribution in [2.24, 2.45) is 0 Å². The lowest BCUT2D eigenvalue weighted by atomic mass is 10.1. The van der Waals surface area contributed by atoms with Crippen LogP contribution in [0.15, 0.2) is 53.4 Å². The third-order valence-corrected chi connectivity index (χ3v) is 5.12. The van der Waals surface area contributed by atoms with Crippen LogP contribution in [0.1, 0.15) is 35.3 Å². The van der Waals surface area contributed by atoms with Crippen LogP contribution in [-0.4, -0.2) is 16.1 Å². The zero-order valence-electron chi connectivity index (χ0n) is 13.3. The van der Waals surface area contributed by atoms with Crippen molar-refractivity contribution in [3.05, 3.63) is 65.2 Å². The van der Waals surface area contributed by atoms with Gasteiger partial charge < -0.3 is 0 Å². The Morgan fingerprint density at radius 1 is 1.09 bits per heavy atom. The summed E-state index contributed by atoms with van der Waals surface area (Å²) in [7, 11) is 0. The van der Waals surface area contributed by atoms with Gasteiger partial charge in [-0.2, -0.15) is 0 Å². The Kier molecular flexibility index (Phi) is 6.59. The van der Waals surface area contributed by atoms with Crippen molar-refractivity contribution in [1.82, 2.24) is 0 Å². The number of carbonyl (C=O) groups excluding carboxylic acids is 1. The molecular weight excluding hydrogens is 308 g/mol. The second-order valence-corrected chi connectivity index (χ2v) is 8.28. The Morgan fingerprint density at radius 3 is 2.50 bits per heavy atom. The van der Waals surface area contributed by atoms with Gasteiger partial charge in [0.25, 0.3) is 0 Å². The molecule has 0 aromatic heterocycles. The monoisotopic (exact) mass is 330 g/mol. The molecule has 0 saturated heterocycles. The summed E-state index contributed by atoms with van der Waals surface area (Å²) in [6, 6.07) is 16.7. The van der Waals surface area contributed by atoms with Gasteiger partial charge in [-0.1, -0.05) is 61.5 Å². The van der Waals surface area contributed by atoms with E-state index in [1.165, 1.54) is 27.8 Å². The minimum Gasteiger partial charge on any atom is -0.282 e. The summed E-state index contributed by atoms with van der Waals surface area (Å²) in [6.07, 6.45) is 0.978. The minimum atomic E-state index is 0.169. The van der Waals surface area contributed by atoms with Crippen LogP contribution in [0.25, 0.3) is 0 Å². The molecule has 0 fully saturated rings. The first-order valence-electron chi connectivity index (χ1n) is 7.54. The van der Waals surface area contributed by atoms with Gasteiger partial charge in [-0.15, -0.1) is 11.8 Å². The molecule has 116 valence electrons. The lowest BCUT2D eigenvalue weighted by Crippen LogP contribution is -2.00. The number of hydrogen-bond donors (Lipinski definition) is 0. The highest BCUT2D eigenvalue weighted by Crippen LogP contribution is 2.21. The highest BCUT2D eigenvalue weighted by atomic mass is 32.2. The van der Waals surface area contributed by atoms with Crippen molar-refractivity contribution in [3.8, 4) is 0 Å². The molecule has 0 aliphatic heterocycles. The molecule has 0 unspecified atom stereocenters. The van der Waals surface area contributed by atoms with Gasteiger partial charge in [0.1, 0.15) is 0 Å². The largest absolute Gasteiger partial charge is 0.282 e. The SMILES string of the molecule is Cc1ccc(SCCc2cccc(C(=O)SC(C)C)c2)cc1. The second-order valence-electron chi connectivity index (χ2n) is 5.57. The molecule has 0 radical (unpaired) electrons. The third-order valence-electron chi connectivity index (χ3n) is 3.19. The van der Waals surface area contributed by atoms with Gasteiger partial charge in [-0.3, -0.25) is 4.79 Å². The van der Waals surface area contributed by atoms with E-state index in [1.54, 1.807) is 0 Å². The summed E-state index contributed by atoms with van der Waals surface area (Å²) in [6.45, 7) is 6.20. The van der Waals surface area contributed by atoms with Crippen molar-refractivity contribution < 1.29 is 4.79 Å². The summed E-state index contributed by atoms with van der Waals surface area (Å²) >= 11 is 3.25. The van der Waals surface area contributed by atoms with Gasteiger partial charge in [0.2, 0.25) is 5.12 Å². The molecule has 2 aromatic carbocycles. The molecule has 0 aliphatic rings. The average molecular weight is 331 g/mol. The van der Waals surface area contributed by atoms with Gasteiger partial charge in [-0.25, -0.2) is 0 Å². The van der Waals surface area contributed by atoms with Crippen LogP contribution in [0.5, 0.6) is 0 Å². The van der Waals surface area contributed by atoms with E-state index in [-0.39, 0.29) is 5.12 Å². The number of hydrogen-bond acceptors (Lipinski definition) is 3. The van der Waals surface area contributed by atoms with E-state index >= 15 is 0 Å². The van der Waals surface area contributed by atoms with E-state index in [1.807, 2.05) is 43.8 Å². The molecule has 0 spiro atoms. The van der Waals surface area contributed by atoms with Crippen LogP contribution in [0, 0.1) is 6.92 Å². The minimum absolute atomic E-state index is 0.169. The maximum Gasteiger partial charge on any atom is 0.219 e. The van der Waals surface area contributed by atoms with Gasteiger partial charge in [0, 0.05) is 21.5 Å². The highest BCUT2D eigenvalue weighted by molar-refractivity contribution is 8.14. The van der Waals surface area contributed by atoms with Crippen molar-refractivity contribution in [2.45, 2.75) is 37.3 Å². The van der Waals surface area contributed by atoms with Crippen LogP contribution in [0.4, 0.5) is 0 Å². The van der Waals surface area contributed by atoms with Crippen LogP contribution in [0.3, 0.4) is 0 Å². The molecule has 0 amide bonds. The first-order chi connectivity index (χ1) is 10.5. The zero-order chi connectivity index (χ0) is 15.9. The Labute approximate surface area is 141 Å². The average Bonchev–Trinajstić information content (AvgIpc) is 2.49. The summed E-state index contributed by atoms with van der Waals surface area (Å²) in [4.78, 5) is 13.4. The third kappa shape index (κ3) is 5.54. The Bertz CT molecular complexity index is 618. The van der Waals surface area contributed by atoms with E-state index in [2.05, 4.69) is 37.3 Å². The molecule has 0 atom stereocenters. The number of rotatable bonds is 6. The van der Waals surface area contributed by atoms with E-state index in [9.17, 15) is 4.79 Å². The number of thioether (sulfide) groups is 2. The number of carbonyl (C=O) groups is 1. The first kappa shape index (κ1) is 17.2. The molecule has 2 aromatic rings. The van der Waals surface area contributed by atoms with Gasteiger partial charge in [-0.05, 0) is 37.1 Å². The topological polar surface area (TPSA) is 17.1 Å². The molecule has 2 rings (SSSR count). The molecule has 0 N–H and O–H groups in total. The van der Waals surface area contributed by atoms with Crippen LogP contribution in [-0.2, 0) is 6.42 Å². The predicted molar refractivity (Wildman–Crippen MR) is 99.1 cm³/mol. The molecule has 0 aliphatic carbocycles. The molecule has 1 nitrogen and oxygen atoms in total. The molecule has 0 saturated carbocycles. The van der Waals surface area contributed by atoms with E-state index in [0.717, 1.165) is 17.7 Å². The number of aryl methyl sites for hydroxylation is 2. The smallest absolute Gasteiger partial charge is 0.219 e. The lowest BCUT2D eigenvalue weighted by Gasteiger charge is -2.06. The maximum absolute atomic E-state index is 12.1. The molecule has 0 heterocycles. The van der Waals surface area contributed by atoms with Crippen molar-refractivity contribution in [3.63, 3.8) is 0 Å².